The van der Waals surface area contributed by atoms with Gasteiger partial charge in [0.1, 0.15) is 5.52 Å². The van der Waals surface area contributed by atoms with Gasteiger partial charge in [0.05, 0.1) is 32.9 Å². The highest BCUT2D eigenvalue weighted by molar-refractivity contribution is 6.36. The van der Waals surface area contributed by atoms with Crippen molar-refractivity contribution in [3.05, 3.63) is 51.5 Å². The van der Waals surface area contributed by atoms with Gasteiger partial charge in [-0.05, 0) is 50.6 Å². The van der Waals surface area contributed by atoms with Crippen molar-refractivity contribution < 1.29 is 5.11 Å². The number of anilines is 2. The van der Waals surface area contributed by atoms with Crippen LogP contribution in [0.25, 0.3) is 11.0 Å². The third-order valence-electron chi connectivity index (χ3n) is 4.85. The number of halogens is 3. The summed E-state index contributed by atoms with van der Waals surface area (Å²) in [5, 5.41) is 12.5. The quantitative estimate of drug-likeness (QED) is 0.591. The molecule has 0 fully saturated rings. The molecule has 1 aromatic heterocycles. The molecule has 0 bridgehead atoms. The van der Waals surface area contributed by atoms with E-state index in [1.807, 2.05) is 29.2 Å². The van der Waals surface area contributed by atoms with Gasteiger partial charge in [-0.15, -0.1) is 0 Å². The molecule has 26 heavy (non-hydrogen) atoms. The Morgan fingerprint density at radius 2 is 1.88 bits per heavy atom. The van der Waals surface area contributed by atoms with Gasteiger partial charge in [0, 0.05) is 11.6 Å². The molecule has 0 radical (unpaired) electrons. The molecule has 1 N–H and O–H groups in total. The zero-order chi connectivity index (χ0) is 18.6. The maximum Gasteiger partial charge on any atom is 0.211 e. The third kappa shape index (κ3) is 2.85. The van der Waals surface area contributed by atoms with E-state index in [2.05, 4.69) is 4.57 Å². The van der Waals surface area contributed by atoms with Crippen molar-refractivity contribution in [1.82, 2.24) is 9.55 Å². The van der Waals surface area contributed by atoms with Crippen molar-refractivity contribution in [2.45, 2.75) is 38.5 Å². The van der Waals surface area contributed by atoms with E-state index in [0.717, 1.165) is 35.6 Å². The summed E-state index contributed by atoms with van der Waals surface area (Å²) in [6.07, 6.45) is 0.743. The maximum atomic E-state index is 10.8. The van der Waals surface area contributed by atoms with Crippen LogP contribution in [-0.2, 0) is 6.54 Å². The van der Waals surface area contributed by atoms with Gasteiger partial charge in [-0.25, -0.2) is 4.98 Å². The van der Waals surface area contributed by atoms with E-state index in [0.29, 0.717) is 15.1 Å². The van der Waals surface area contributed by atoms with Crippen LogP contribution in [0, 0.1) is 0 Å². The van der Waals surface area contributed by atoms with Crippen molar-refractivity contribution >= 4 is 57.5 Å². The molecular formula is C19H18Cl3N3O. The Bertz CT molecular complexity index is 994. The number of aliphatic hydroxyl groups is 1. The van der Waals surface area contributed by atoms with Gasteiger partial charge in [-0.2, -0.15) is 0 Å². The number of hydrogen-bond donors (Lipinski definition) is 1. The van der Waals surface area contributed by atoms with Crippen LogP contribution >= 0.6 is 34.8 Å². The predicted octanol–water partition coefficient (Wildman–Crippen LogP) is 5.68. The van der Waals surface area contributed by atoms with E-state index in [9.17, 15) is 5.11 Å². The Morgan fingerprint density at radius 1 is 1.12 bits per heavy atom. The summed E-state index contributed by atoms with van der Waals surface area (Å²) in [6, 6.07) is 10.9. The normalized spacial score (nSPS) is 17.6. The zero-order valence-electron chi connectivity index (χ0n) is 14.4. The van der Waals surface area contributed by atoms with Crippen LogP contribution in [0.15, 0.2) is 36.4 Å². The van der Waals surface area contributed by atoms with Crippen LogP contribution in [0.5, 0.6) is 0 Å². The molecule has 0 spiro atoms. The second-order valence-electron chi connectivity index (χ2n) is 7.09. The standard InChI is InChI=1S/C19H18Cl3N3O/c1-19(2,26)16-8-9-24-15-5-3-4-12(21)17(15)23-18(24)25(16)14-7-6-11(20)10-13(14)22/h3-7,10,16,26H,8-9H2,1-2H3. The number of nitrogens with zero attached hydrogens (tertiary/aromatic N) is 3. The lowest BCUT2D eigenvalue weighted by Gasteiger charge is -2.43. The number of rotatable bonds is 2. The summed E-state index contributed by atoms with van der Waals surface area (Å²) in [5.41, 5.74) is 1.53. The SMILES string of the molecule is CC(C)(O)C1CCn2c(nc3c(Cl)cccc32)N1c1ccc(Cl)cc1Cl. The van der Waals surface area contributed by atoms with Crippen molar-refractivity contribution in [3.8, 4) is 0 Å². The molecule has 7 heteroatoms. The van der Waals surface area contributed by atoms with Crippen LogP contribution in [0.1, 0.15) is 20.3 Å². The zero-order valence-corrected chi connectivity index (χ0v) is 16.6. The van der Waals surface area contributed by atoms with Gasteiger partial charge >= 0.3 is 0 Å². The summed E-state index contributed by atoms with van der Waals surface area (Å²) in [5.74, 6) is 0.718. The largest absolute Gasteiger partial charge is 0.388 e. The van der Waals surface area contributed by atoms with Gasteiger partial charge in [-0.3, -0.25) is 0 Å². The third-order valence-corrected chi connectivity index (χ3v) is 5.69. The number of fused-ring (bicyclic) bond motifs is 3. The first-order valence-corrected chi connectivity index (χ1v) is 9.52. The van der Waals surface area contributed by atoms with Crippen molar-refractivity contribution in [3.63, 3.8) is 0 Å². The predicted molar refractivity (Wildman–Crippen MR) is 108 cm³/mol. The van der Waals surface area contributed by atoms with E-state index < -0.39 is 5.60 Å². The molecule has 0 amide bonds. The number of aryl methyl sites for hydroxylation is 1. The minimum atomic E-state index is -0.948. The summed E-state index contributed by atoms with van der Waals surface area (Å²) >= 11 is 18.9. The van der Waals surface area contributed by atoms with Crippen molar-refractivity contribution in [1.29, 1.82) is 0 Å². The Kier molecular flexibility index (Phi) is 4.35. The number of imidazole rings is 1. The Labute approximate surface area is 166 Å². The summed E-state index contributed by atoms with van der Waals surface area (Å²) in [6.45, 7) is 4.35. The molecule has 1 aliphatic rings. The first-order chi connectivity index (χ1) is 12.3. The van der Waals surface area contributed by atoms with Crippen LogP contribution in [0.2, 0.25) is 15.1 Å². The van der Waals surface area contributed by atoms with Gasteiger partial charge in [-0.1, -0.05) is 40.9 Å². The number of para-hydroxylation sites is 1. The molecule has 4 nitrogen and oxygen atoms in total. The first-order valence-electron chi connectivity index (χ1n) is 8.39. The van der Waals surface area contributed by atoms with Gasteiger partial charge < -0.3 is 14.6 Å². The fourth-order valence-electron chi connectivity index (χ4n) is 3.65. The fraction of sp³-hybridized carbons (Fsp3) is 0.316. The molecule has 2 aromatic carbocycles. The van der Waals surface area contributed by atoms with E-state index in [1.54, 1.807) is 26.0 Å². The van der Waals surface area contributed by atoms with Gasteiger partial charge in [0.15, 0.2) is 0 Å². The Morgan fingerprint density at radius 3 is 2.58 bits per heavy atom. The van der Waals surface area contributed by atoms with Gasteiger partial charge in [0.25, 0.3) is 0 Å². The summed E-state index contributed by atoms with van der Waals surface area (Å²) in [4.78, 5) is 6.79. The molecule has 0 saturated carbocycles. The molecule has 1 unspecified atom stereocenters. The topological polar surface area (TPSA) is 41.3 Å². The number of hydrogen-bond acceptors (Lipinski definition) is 3. The molecule has 136 valence electrons. The maximum absolute atomic E-state index is 10.8. The summed E-state index contributed by atoms with van der Waals surface area (Å²) in [7, 11) is 0. The number of aromatic nitrogens is 2. The first kappa shape index (κ1) is 17.9. The average Bonchev–Trinajstić information content (AvgIpc) is 2.94. The highest BCUT2D eigenvalue weighted by Crippen LogP contribution is 2.42. The van der Waals surface area contributed by atoms with Crippen LogP contribution in [0.3, 0.4) is 0 Å². The molecule has 0 aliphatic carbocycles. The van der Waals surface area contributed by atoms with E-state index >= 15 is 0 Å². The lowest BCUT2D eigenvalue weighted by atomic mass is 9.92. The number of benzene rings is 2. The van der Waals surface area contributed by atoms with E-state index in [-0.39, 0.29) is 6.04 Å². The molecule has 2 heterocycles. The highest BCUT2D eigenvalue weighted by Gasteiger charge is 2.39. The smallest absolute Gasteiger partial charge is 0.211 e. The monoisotopic (exact) mass is 409 g/mol. The molecule has 4 rings (SSSR count). The van der Waals surface area contributed by atoms with Crippen LogP contribution in [0.4, 0.5) is 11.6 Å². The minimum absolute atomic E-state index is 0.190. The lowest BCUT2D eigenvalue weighted by Crippen LogP contribution is -2.51. The molecule has 1 atom stereocenters. The minimum Gasteiger partial charge on any atom is -0.388 e. The second kappa shape index (κ2) is 6.31. The van der Waals surface area contributed by atoms with Gasteiger partial charge in [0.2, 0.25) is 5.95 Å². The van der Waals surface area contributed by atoms with Crippen LogP contribution in [-0.4, -0.2) is 26.3 Å². The molecule has 3 aromatic rings. The second-order valence-corrected chi connectivity index (χ2v) is 8.35. The Hall–Kier alpha value is -1.46. The van der Waals surface area contributed by atoms with Crippen LogP contribution < -0.4 is 4.90 Å². The van der Waals surface area contributed by atoms with Crippen molar-refractivity contribution in [2.24, 2.45) is 0 Å². The lowest BCUT2D eigenvalue weighted by molar-refractivity contribution is 0.0443. The summed E-state index contributed by atoms with van der Waals surface area (Å²) < 4.78 is 2.12. The van der Waals surface area contributed by atoms with E-state index in [4.69, 9.17) is 39.8 Å². The fourth-order valence-corrected chi connectivity index (χ4v) is 4.36. The Balaban J connectivity index is 1.98. The molecule has 1 aliphatic heterocycles. The molecular weight excluding hydrogens is 393 g/mol. The van der Waals surface area contributed by atoms with Crippen molar-refractivity contribution in [2.75, 3.05) is 4.90 Å². The average molecular weight is 411 g/mol. The molecule has 0 saturated heterocycles. The van der Waals surface area contributed by atoms with E-state index in [1.165, 1.54) is 0 Å². The highest BCUT2D eigenvalue weighted by atomic mass is 35.5.